The van der Waals surface area contributed by atoms with Gasteiger partial charge in [0.25, 0.3) is 0 Å². The van der Waals surface area contributed by atoms with Crippen LogP contribution in [0, 0.1) is 0 Å². The summed E-state index contributed by atoms with van der Waals surface area (Å²) in [6.45, 7) is 6.81. The fourth-order valence-corrected chi connectivity index (χ4v) is 0.773. The van der Waals surface area contributed by atoms with Crippen LogP contribution < -0.4 is 0 Å². The highest BCUT2D eigenvalue weighted by atomic mass is 16.8. The molecule has 0 aliphatic carbocycles. The number of ether oxygens (including phenoxy) is 1. The second-order valence-electron chi connectivity index (χ2n) is 3.05. The molecule has 0 radical (unpaired) electrons. The molecule has 0 heterocycles. The van der Waals surface area contributed by atoms with E-state index in [9.17, 15) is 0 Å². The zero-order chi connectivity index (χ0) is 8.91. The number of hydrogen-bond acceptors (Lipinski definition) is 3. The Morgan fingerprint density at radius 2 is 1.91 bits per heavy atom. The van der Waals surface area contributed by atoms with Crippen molar-refractivity contribution in [3.8, 4) is 0 Å². The van der Waals surface area contributed by atoms with E-state index in [4.69, 9.17) is 9.57 Å². The Labute approximate surface area is 69.2 Å². The molecule has 0 rings (SSSR count). The molecule has 0 atom stereocenters. The van der Waals surface area contributed by atoms with Gasteiger partial charge in [0.15, 0.2) is 5.79 Å². The summed E-state index contributed by atoms with van der Waals surface area (Å²) in [4.78, 5) is 5.44. The smallest absolute Gasteiger partial charge is 0.181 e. The minimum Gasteiger partial charge on any atom is -0.352 e. The molecular formula is C8H19NO2. The molecule has 11 heavy (non-hydrogen) atoms. The molecule has 0 aromatic carbocycles. The van der Waals surface area contributed by atoms with Crippen molar-refractivity contribution in [3.05, 3.63) is 0 Å². The van der Waals surface area contributed by atoms with E-state index in [1.165, 1.54) is 0 Å². The summed E-state index contributed by atoms with van der Waals surface area (Å²) >= 11 is 0. The maximum Gasteiger partial charge on any atom is 0.181 e. The minimum absolute atomic E-state index is 0.510. The third-order valence-electron chi connectivity index (χ3n) is 1.41. The Bertz CT molecular complexity index is 104. The van der Waals surface area contributed by atoms with Gasteiger partial charge in [-0.2, -0.15) is 5.06 Å². The number of hydroxylamine groups is 2. The van der Waals surface area contributed by atoms with Gasteiger partial charge < -0.3 is 4.74 Å². The number of rotatable bonds is 5. The van der Waals surface area contributed by atoms with Gasteiger partial charge in [-0.1, -0.05) is 6.92 Å². The van der Waals surface area contributed by atoms with Gasteiger partial charge in [-0.05, 0) is 20.3 Å². The normalized spacial score (nSPS) is 12.5. The topological polar surface area (TPSA) is 21.7 Å². The average molecular weight is 161 g/mol. The highest BCUT2D eigenvalue weighted by Gasteiger charge is 2.19. The van der Waals surface area contributed by atoms with Gasteiger partial charge in [0.05, 0.1) is 0 Å². The first-order chi connectivity index (χ1) is 5.02. The summed E-state index contributed by atoms with van der Waals surface area (Å²) in [5.74, 6) is -0.510. The van der Waals surface area contributed by atoms with Crippen molar-refractivity contribution in [1.82, 2.24) is 5.06 Å². The quantitative estimate of drug-likeness (QED) is 0.452. The minimum atomic E-state index is -0.510. The Kier molecular flexibility index (Phi) is 4.65. The molecule has 3 heteroatoms. The van der Waals surface area contributed by atoms with Crippen LogP contribution in [0.15, 0.2) is 0 Å². The van der Waals surface area contributed by atoms with Gasteiger partial charge in [-0.15, -0.1) is 0 Å². The molecule has 0 amide bonds. The monoisotopic (exact) mass is 161 g/mol. The van der Waals surface area contributed by atoms with Crippen LogP contribution in [-0.2, 0) is 9.57 Å². The van der Waals surface area contributed by atoms with Crippen molar-refractivity contribution in [2.75, 3.05) is 20.7 Å². The predicted molar refractivity (Wildman–Crippen MR) is 45.1 cm³/mol. The highest BCUT2D eigenvalue weighted by molar-refractivity contribution is 4.49. The van der Waals surface area contributed by atoms with E-state index in [2.05, 4.69) is 6.92 Å². The Morgan fingerprint density at radius 3 is 2.27 bits per heavy atom. The van der Waals surface area contributed by atoms with E-state index >= 15 is 0 Å². The summed E-state index contributed by atoms with van der Waals surface area (Å²) in [5, 5.41) is 1.80. The molecule has 0 spiro atoms. The Balaban J connectivity index is 3.64. The van der Waals surface area contributed by atoms with E-state index in [1.807, 2.05) is 20.9 Å². The predicted octanol–water partition coefficient (Wildman–Crippen LogP) is 1.64. The lowest BCUT2D eigenvalue weighted by atomic mass is 10.4. The molecule has 3 nitrogen and oxygen atoms in total. The first-order valence-corrected chi connectivity index (χ1v) is 3.97. The van der Waals surface area contributed by atoms with E-state index in [-0.39, 0.29) is 0 Å². The molecule has 0 aliphatic heterocycles. The van der Waals surface area contributed by atoms with E-state index < -0.39 is 5.79 Å². The van der Waals surface area contributed by atoms with E-state index in [0.29, 0.717) is 0 Å². The third kappa shape index (κ3) is 5.18. The molecule has 0 N–H and O–H groups in total. The number of hydrogen-bond donors (Lipinski definition) is 0. The Morgan fingerprint density at radius 1 is 1.36 bits per heavy atom. The van der Waals surface area contributed by atoms with Gasteiger partial charge in [-0.25, -0.2) is 0 Å². The van der Waals surface area contributed by atoms with Crippen LogP contribution >= 0.6 is 0 Å². The fourth-order valence-electron chi connectivity index (χ4n) is 0.773. The van der Waals surface area contributed by atoms with Crippen molar-refractivity contribution >= 4 is 0 Å². The second-order valence-corrected chi connectivity index (χ2v) is 3.05. The summed E-state index contributed by atoms with van der Waals surface area (Å²) in [6, 6.07) is 0. The molecule has 0 unspecified atom stereocenters. The number of methoxy groups -OCH3 is 1. The molecule has 0 aliphatic rings. The van der Waals surface area contributed by atoms with Crippen molar-refractivity contribution in [1.29, 1.82) is 0 Å². The summed E-state index contributed by atoms with van der Waals surface area (Å²) in [6.07, 6.45) is 1.08. The zero-order valence-corrected chi connectivity index (χ0v) is 8.18. The lowest BCUT2D eigenvalue weighted by molar-refractivity contribution is -0.314. The fraction of sp³-hybridized carbons (Fsp3) is 1.00. The van der Waals surface area contributed by atoms with Crippen LogP contribution in [-0.4, -0.2) is 31.6 Å². The van der Waals surface area contributed by atoms with Crippen molar-refractivity contribution in [2.45, 2.75) is 33.0 Å². The molecule has 68 valence electrons. The molecule has 0 aromatic heterocycles. The van der Waals surface area contributed by atoms with Gasteiger partial charge in [-0.3, -0.25) is 4.84 Å². The summed E-state index contributed by atoms with van der Waals surface area (Å²) in [7, 11) is 3.55. The third-order valence-corrected chi connectivity index (χ3v) is 1.41. The van der Waals surface area contributed by atoms with Crippen LogP contribution in [0.3, 0.4) is 0 Å². The molecule has 0 saturated carbocycles. The van der Waals surface area contributed by atoms with Crippen LogP contribution in [0.4, 0.5) is 0 Å². The first-order valence-electron chi connectivity index (χ1n) is 3.97. The van der Waals surface area contributed by atoms with Gasteiger partial charge in [0, 0.05) is 20.7 Å². The van der Waals surface area contributed by atoms with Crippen molar-refractivity contribution in [3.63, 3.8) is 0 Å². The maximum atomic E-state index is 5.44. The summed E-state index contributed by atoms with van der Waals surface area (Å²) < 4.78 is 5.09. The van der Waals surface area contributed by atoms with Gasteiger partial charge >= 0.3 is 0 Å². The highest BCUT2D eigenvalue weighted by Crippen LogP contribution is 2.10. The molecular weight excluding hydrogens is 142 g/mol. The molecule has 0 saturated heterocycles. The standard InChI is InChI=1S/C8H19NO2/c1-6-7-9(4)11-8(2,3)10-5/h6-7H2,1-5H3. The maximum absolute atomic E-state index is 5.44. The van der Waals surface area contributed by atoms with Crippen LogP contribution in [0.5, 0.6) is 0 Å². The zero-order valence-electron chi connectivity index (χ0n) is 8.18. The summed E-state index contributed by atoms with van der Waals surface area (Å²) in [5.41, 5.74) is 0. The van der Waals surface area contributed by atoms with Crippen molar-refractivity contribution in [2.24, 2.45) is 0 Å². The molecule has 0 fully saturated rings. The van der Waals surface area contributed by atoms with Crippen LogP contribution in [0.25, 0.3) is 0 Å². The SMILES string of the molecule is CCCN(C)OC(C)(C)OC. The lowest BCUT2D eigenvalue weighted by Crippen LogP contribution is -2.35. The van der Waals surface area contributed by atoms with Crippen LogP contribution in [0.1, 0.15) is 27.2 Å². The first kappa shape index (κ1) is 10.9. The molecule has 0 aromatic rings. The number of nitrogens with zero attached hydrogens (tertiary/aromatic N) is 1. The van der Waals surface area contributed by atoms with E-state index in [0.717, 1.165) is 13.0 Å². The average Bonchev–Trinajstić information content (AvgIpc) is 1.87. The second kappa shape index (κ2) is 4.70. The van der Waals surface area contributed by atoms with Crippen LogP contribution in [0.2, 0.25) is 0 Å². The van der Waals surface area contributed by atoms with Crippen molar-refractivity contribution < 1.29 is 9.57 Å². The van der Waals surface area contributed by atoms with Gasteiger partial charge in [0.2, 0.25) is 0 Å². The Hall–Kier alpha value is -0.120. The van der Waals surface area contributed by atoms with Gasteiger partial charge in [0.1, 0.15) is 0 Å². The van der Waals surface area contributed by atoms with E-state index in [1.54, 1.807) is 12.2 Å². The lowest BCUT2D eigenvalue weighted by Gasteiger charge is -2.28. The largest absolute Gasteiger partial charge is 0.352 e. The molecule has 0 bridgehead atoms.